The van der Waals surface area contributed by atoms with Crippen LogP contribution in [0.2, 0.25) is 0 Å². The van der Waals surface area contributed by atoms with Gasteiger partial charge in [-0.2, -0.15) is 5.21 Å². The summed E-state index contributed by atoms with van der Waals surface area (Å²) in [6, 6.07) is 14.2. The summed E-state index contributed by atoms with van der Waals surface area (Å²) in [5.41, 5.74) is 8.06. The van der Waals surface area contributed by atoms with Crippen molar-refractivity contribution in [3.05, 3.63) is 59.7 Å². The van der Waals surface area contributed by atoms with E-state index in [1.54, 1.807) is 24.3 Å². The van der Waals surface area contributed by atoms with Crippen LogP contribution in [0.5, 0.6) is 0 Å². The third-order valence-corrected chi connectivity index (χ3v) is 5.37. The van der Waals surface area contributed by atoms with E-state index < -0.39 is 15.7 Å². The molecule has 3 aromatic rings. The average molecular weight is 385 g/mol. The van der Waals surface area contributed by atoms with E-state index in [1.807, 2.05) is 24.3 Å². The van der Waals surface area contributed by atoms with E-state index in [0.29, 0.717) is 12.2 Å². The number of aromatic amines is 1. The smallest absolute Gasteiger partial charge is 0.218 e. The summed E-state index contributed by atoms with van der Waals surface area (Å²) in [6.07, 6.45) is 1.88. The van der Waals surface area contributed by atoms with E-state index in [0.717, 1.165) is 16.7 Å². The third kappa shape index (κ3) is 4.76. The highest BCUT2D eigenvalue weighted by Crippen LogP contribution is 2.27. The molecule has 1 amide bonds. The van der Waals surface area contributed by atoms with Gasteiger partial charge in [0.25, 0.3) is 0 Å². The van der Waals surface area contributed by atoms with Crippen LogP contribution in [0.3, 0.4) is 0 Å². The van der Waals surface area contributed by atoms with Crippen molar-refractivity contribution in [3.63, 3.8) is 0 Å². The lowest BCUT2D eigenvalue weighted by atomic mass is 9.88. The van der Waals surface area contributed by atoms with E-state index in [2.05, 4.69) is 20.6 Å². The molecule has 1 atom stereocenters. The van der Waals surface area contributed by atoms with Crippen molar-refractivity contribution in [1.29, 1.82) is 0 Å². The van der Waals surface area contributed by atoms with E-state index in [1.165, 1.54) is 6.26 Å². The van der Waals surface area contributed by atoms with Crippen molar-refractivity contribution in [2.24, 2.45) is 5.73 Å². The molecule has 0 bridgehead atoms. The molecule has 1 unspecified atom stereocenters. The zero-order valence-electron chi connectivity index (χ0n) is 14.7. The summed E-state index contributed by atoms with van der Waals surface area (Å²) in [5, 5.41) is 13.9. The van der Waals surface area contributed by atoms with Crippen LogP contribution in [-0.4, -0.2) is 41.2 Å². The maximum Gasteiger partial charge on any atom is 0.218 e. The second-order valence-corrected chi connectivity index (χ2v) is 8.36. The number of nitrogens with two attached hydrogens (primary N) is 1. The Morgan fingerprint density at radius 3 is 2.52 bits per heavy atom. The van der Waals surface area contributed by atoms with Gasteiger partial charge in [-0.05, 0) is 46.9 Å². The van der Waals surface area contributed by atoms with Crippen LogP contribution in [0.1, 0.15) is 23.5 Å². The van der Waals surface area contributed by atoms with Crippen LogP contribution in [-0.2, 0) is 21.1 Å². The Morgan fingerprint density at radius 2 is 1.93 bits per heavy atom. The van der Waals surface area contributed by atoms with E-state index in [9.17, 15) is 13.2 Å². The molecular weight excluding hydrogens is 366 g/mol. The first-order chi connectivity index (χ1) is 12.8. The molecule has 2 aromatic carbocycles. The van der Waals surface area contributed by atoms with E-state index >= 15 is 0 Å². The summed E-state index contributed by atoms with van der Waals surface area (Å²) in [5.74, 6) is -0.0941. The Hall–Kier alpha value is -3.07. The van der Waals surface area contributed by atoms with Crippen molar-refractivity contribution in [2.75, 3.05) is 6.26 Å². The molecule has 3 rings (SSSR count). The molecule has 0 aliphatic rings. The number of amides is 1. The van der Waals surface area contributed by atoms with Crippen molar-refractivity contribution < 1.29 is 13.2 Å². The SMILES string of the molecule is CS(=O)(=O)c1ccc(CC(CC(N)=O)c2cccc(-c3nn[nH]n3)c2)cc1. The molecule has 140 valence electrons. The maximum atomic E-state index is 11.6. The number of nitrogens with one attached hydrogen (secondary N) is 1. The van der Waals surface area contributed by atoms with Crippen LogP contribution in [0.25, 0.3) is 11.4 Å². The molecular formula is C18H19N5O3S. The number of carbonyl (C=O) groups is 1. The lowest BCUT2D eigenvalue weighted by Crippen LogP contribution is -2.17. The number of hydrogen-bond donors (Lipinski definition) is 2. The first kappa shape index (κ1) is 18.7. The molecule has 3 N–H and O–H groups in total. The van der Waals surface area contributed by atoms with Crippen LogP contribution < -0.4 is 5.73 Å². The number of hydrogen-bond acceptors (Lipinski definition) is 6. The van der Waals surface area contributed by atoms with Gasteiger partial charge in [0.1, 0.15) is 0 Å². The summed E-state index contributed by atoms with van der Waals surface area (Å²) >= 11 is 0. The van der Waals surface area contributed by atoms with E-state index in [4.69, 9.17) is 5.73 Å². The second kappa shape index (κ2) is 7.67. The molecule has 0 aliphatic carbocycles. The van der Waals surface area contributed by atoms with Crippen LogP contribution in [0, 0.1) is 0 Å². The molecule has 0 saturated heterocycles. The summed E-state index contributed by atoms with van der Waals surface area (Å²) in [6.45, 7) is 0. The Kier molecular flexibility index (Phi) is 5.31. The summed E-state index contributed by atoms with van der Waals surface area (Å²) < 4.78 is 23.2. The molecule has 27 heavy (non-hydrogen) atoms. The predicted octanol–water partition coefficient (Wildman–Crippen LogP) is 1.47. The number of H-pyrrole nitrogens is 1. The zero-order chi connectivity index (χ0) is 19.4. The minimum Gasteiger partial charge on any atom is -0.370 e. The van der Waals surface area contributed by atoms with Crippen molar-refractivity contribution >= 4 is 15.7 Å². The fourth-order valence-electron chi connectivity index (χ4n) is 2.92. The summed E-state index contributed by atoms with van der Waals surface area (Å²) in [4.78, 5) is 11.8. The molecule has 8 nitrogen and oxygen atoms in total. The number of primary amides is 1. The number of benzene rings is 2. The number of carbonyl (C=O) groups excluding carboxylic acids is 1. The molecule has 0 fully saturated rings. The first-order valence-electron chi connectivity index (χ1n) is 8.24. The van der Waals surface area contributed by atoms with Crippen molar-refractivity contribution in [1.82, 2.24) is 20.6 Å². The lowest BCUT2D eigenvalue weighted by molar-refractivity contribution is -0.118. The number of sulfone groups is 1. The lowest BCUT2D eigenvalue weighted by Gasteiger charge is -2.17. The first-order valence-corrected chi connectivity index (χ1v) is 10.1. The van der Waals surface area contributed by atoms with Gasteiger partial charge in [-0.3, -0.25) is 4.79 Å². The molecule has 0 saturated carbocycles. The van der Waals surface area contributed by atoms with Crippen molar-refractivity contribution in [3.8, 4) is 11.4 Å². The number of tetrazole rings is 1. The van der Waals surface area contributed by atoms with Gasteiger partial charge in [0.15, 0.2) is 9.84 Å². The molecule has 0 aliphatic heterocycles. The monoisotopic (exact) mass is 385 g/mol. The standard InChI is InChI=1S/C18H19N5O3S/c1-27(25,26)16-7-5-12(6-8-16)9-15(11-17(19)24)13-3-2-4-14(10-13)18-20-22-23-21-18/h2-8,10,15H,9,11H2,1H3,(H2,19,24)(H,20,21,22,23). The van der Waals surface area contributed by atoms with Gasteiger partial charge in [-0.25, -0.2) is 8.42 Å². The van der Waals surface area contributed by atoms with Gasteiger partial charge in [0.2, 0.25) is 11.7 Å². The quantitative estimate of drug-likeness (QED) is 0.633. The largest absolute Gasteiger partial charge is 0.370 e. The van der Waals surface area contributed by atoms with Crippen LogP contribution in [0.15, 0.2) is 53.4 Å². The average Bonchev–Trinajstić information content (AvgIpc) is 3.15. The normalized spacial score (nSPS) is 12.6. The topological polar surface area (TPSA) is 132 Å². The number of nitrogens with zero attached hydrogens (tertiary/aromatic N) is 3. The van der Waals surface area contributed by atoms with Crippen LogP contribution >= 0.6 is 0 Å². The Labute approximate surface area is 156 Å². The second-order valence-electron chi connectivity index (χ2n) is 6.35. The highest BCUT2D eigenvalue weighted by Gasteiger charge is 2.17. The number of aromatic nitrogens is 4. The van der Waals surface area contributed by atoms with E-state index in [-0.39, 0.29) is 17.2 Å². The molecule has 9 heteroatoms. The fourth-order valence-corrected chi connectivity index (χ4v) is 3.55. The molecule has 1 heterocycles. The Bertz CT molecular complexity index is 1030. The molecule has 0 spiro atoms. The highest BCUT2D eigenvalue weighted by atomic mass is 32.2. The minimum absolute atomic E-state index is 0.154. The maximum absolute atomic E-state index is 11.6. The minimum atomic E-state index is -3.25. The molecule has 1 aromatic heterocycles. The third-order valence-electron chi connectivity index (χ3n) is 4.24. The van der Waals surface area contributed by atoms with Crippen molar-refractivity contribution in [2.45, 2.75) is 23.7 Å². The van der Waals surface area contributed by atoms with Gasteiger partial charge in [0.05, 0.1) is 4.90 Å². The van der Waals surface area contributed by atoms with Gasteiger partial charge >= 0.3 is 0 Å². The Balaban J connectivity index is 1.88. The van der Waals surface area contributed by atoms with Gasteiger partial charge < -0.3 is 5.73 Å². The highest BCUT2D eigenvalue weighted by molar-refractivity contribution is 7.90. The molecule has 0 radical (unpaired) electrons. The Morgan fingerprint density at radius 1 is 1.19 bits per heavy atom. The van der Waals surface area contributed by atoms with Gasteiger partial charge in [-0.15, -0.1) is 10.2 Å². The van der Waals surface area contributed by atoms with Crippen LogP contribution in [0.4, 0.5) is 0 Å². The van der Waals surface area contributed by atoms with Gasteiger partial charge in [0, 0.05) is 18.2 Å². The zero-order valence-corrected chi connectivity index (χ0v) is 15.5. The van der Waals surface area contributed by atoms with Gasteiger partial charge in [-0.1, -0.05) is 30.3 Å². The number of rotatable bonds is 7. The predicted molar refractivity (Wildman–Crippen MR) is 99.4 cm³/mol. The fraction of sp³-hybridized carbons (Fsp3) is 0.222. The summed E-state index contributed by atoms with van der Waals surface area (Å²) in [7, 11) is -3.25.